The lowest BCUT2D eigenvalue weighted by Gasteiger charge is -2.12. The number of nitrogens with one attached hydrogen (secondary N) is 1. The van der Waals surface area contributed by atoms with Gasteiger partial charge in [-0.3, -0.25) is 0 Å². The fourth-order valence-electron chi connectivity index (χ4n) is 1.69. The van der Waals surface area contributed by atoms with Crippen molar-refractivity contribution >= 4 is 22.9 Å². The molecule has 90 valence electrons. The van der Waals surface area contributed by atoms with E-state index < -0.39 is 0 Å². The van der Waals surface area contributed by atoms with Gasteiger partial charge in [0.2, 0.25) is 0 Å². The molecule has 0 unspecified atom stereocenters. The van der Waals surface area contributed by atoms with Gasteiger partial charge in [0.1, 0.15) is 0 Å². The van der Waals surface area contributed by atoms with Crippen molar-refractivity contribution < 1.29 is 0 Å². The molecule has 0 radical (unpaired) electrons. The Balaban J connectivity index is 2.31. The van der Waals surface area contributed by atoms with Crippen LogP contribution in [-0.2, 0) is 6.54 Å². The van der Waals surface area contributed by atoms with Gasteiger partial charge in [-0.2, -0.15) is 0 Å². The van der Waals surface area contributed by atoms with Crippen LogP contribution >= 0.6 is 22.9 Å². The summed E-state index contributed by atoms with van der Waals surface area (Å²) in [4.78, 5) is 1.29. The quantitative estimate of drug-likeness (QED) is 0.854. The maximum atomic E-state index is 6.07. The Kier molecular flexibility index (Phi) is 4.21. The Hall–Kier alpha value is -0.830. The first-order valence-electron chi connectivity index (χ1n) is 5.72. The molecule has 0 saturated heterocycles. The normalized spacial score (nSPS) is 11.1. The van der Waals surface area contributed by atoms with E-state index in [0.29, 0.717) is 6.04 Å². The minimum absolute atomic E-state index is 0.477. The molecule has 0 spiro atoms. The third-order valence-corrected chi connectivity index (χ3v) is 3.69. The minimum atomic E-state index is 0.477. The van der Waals surface area contributed by atoms with E-state index in [9.17, 15) is 0 Å². The maximum absolute atomic E-state index is 6.07. The molecule has 1 N–H and O–H groups in total. The molecule has 0 aliphatic heterocycles. The molecule has 1 aromatic carbocycles. The molecule has 3 heteroatoms. The van der Waals surface area contributed by atoms with Gasteiger partial charge in [0, 0.05) is 22.5 Å². The van der Waals surface area contributed by atoms with Crippen molar-refractivity contribution in [1.29, 1.82) is 0 Å². The predicted molar refractivity (Wildman–Crippen MR) is 76.7 cm³/mol. The van der Waals surface area contributed by atoms with Gasteiger partial charge < -0.3 is 5.32 Å². The molecule has 0 aliphatic carbocycles. The number of halogens is 1. The SMILES string of the molecule is CC(C)NCc1cc(Cl)ccc1-c1cccs1. The highest BCUT2D eigenvalue weighted by atomic mass is 35.5. The lowest BCUT2D eigenvalue weighted by molar-refractivity contribution is 0.589. The van der Waals surface area contributed by atoms with Crippen molar-refractivity contribution in [3.05, 3.63) is 46.3 Å². The Morgan fingerprint density at radius 2 is 2.12 bits per heavy atom. The van der Waals surface area contributed by atoms with Gasteiger partial charge in [-0.15, -0.1) is 11.3 Å². The fourth-order valence-corrected chi connectivity index (χ4v) is 2.68. The number of hydrogen-bond donors (Lipinski definition) is 1. The summed E-state index contributed by atoms with van der Waals surface area (Å²) in [6.45, 7) is 5.15. The molecule has 1 heterocycles. The molecule has 0 bridgehead atoms. The first-order valence-corrected chi connectivity index (χ1v) is 6.98. The second kappa shape index (κ2) is 5.67. The third kappa shape index (κ3) is 3.32. The molecule has 2 aromatic rings. The highest BCUT2D eigenvalue weighted by Crippen LogP contribution is 2.30. The van der Waals surface area contributed by atoms with Crippen LogP contribution in [0.3, 0.4) is 0 Å². The van der Waals surface area contributed by atoms with Crippen LogP contribution in [0.15, 0.2) is 35.7 Å². The van der Waals surface area contributed by atoms with Crippen LogP contribution in [0.1, 0.15) is 19.4 Å². The van der Waals surface area contributed by atoms with E-state index in [-0.39, 0.29) is 0 Å². The van der Waals surface area contributed by atoms with Crippen molar-refractivity contribution in [1.82, 2.24) is 5.32 Å². The van der Waals surface area contributed by atoms with Crippen LogP contribution < -0.4 is 5.32 Å². The zero-order valence-electron chi connectivity index (χ0n) is 10.0. The largest absolute Gasteiger partial charge is 0.310 e. The molecule has 0 aliphatic rings. The van der Waals surface area contributed by atoms with Crippen LogP contribution in [0.25, 0.3) is 10.4 Å². The topological polar surface area (TPSA) is 12.0 Å². The van der Waals surface area contributed by atoms with Gasteiger partial charge in [-0.25, -0.2) is 0 Å². The molecule has 17 heavy (non-hydrogen) atoms. The zero-order chi connectivity index (χ0) is 12.3. The van der Waals surface area contributed by atoms with E-state index >= 15 is 0 Å². The lowest BCUT2D eigenvalue weighted by Crippen LogP contribution is -2.22. The van der Waals surface area contributed by atoms with Gasteiger partial charge in [0.25, 0.3) is 0 Å². The average molecular weight is 266 g/mol. The summed E-state index contributed by atoms with van der Waals surface area (Å²) in [6, 6.07) is 10.8. The molecular formula is C14H16ClNS. The van der Waals surface area contributed by atoms with Crippen LogP contribution in [0.5, 0.6) is 0 Å². The number of hydrogen-bond acceptors (Lipinski definition) is 2. The van der Waals surface area contributed by atoms with E-state index in [4.69, 9.17) is 11.6 Å². The molecule has 1 nitrogen and oxygen atoms in total. The smallest absolute Gasteiger partial charge is 0.0409 e. The summed E-state index contributed by atoms with van der Waals surface area (Å²) >= 11 is 7.83. The first kappa shape index (κ1) is 12.6. The summed E-state index contributed by atoms with van der Waals surface area (Å²) in [5.41, 5.74) is 2.53. The summed E-state index contributed by atoms with van der Waals surface area (Å²) in [6.07, 6.45) is 0. The lowest BCUT2D eigenvalue weighted by atomic mass is 10.1. The second-order valence-corrected chi connectivity index (χ2v) is 5.70. The summed E-state index contributed by atoms with van der Waals surface area (Å²) < 4.78 is 0. The summed E-state index contributed by atoms with van der Waals surface area (Å²) in [5, 5.41) is 6.34. The average Bonchev–Trinajstić information content (AvgIpc) is 2.80. The number of rotatable bonds is 4. The number of thiophene rings is 1. The Bertz CT molecular complexity index is 477. The Morgan fingerprint density at radius 3 is 2.76 bits per heavy atom. The van der Waals surface area contributed by atoms with Crippen molar-refractivity contribution in [2.45, 2.75) is 26.4 Å². The minimum Gasteiger partial charge on any atom is -0.310 e. The van der Waals surface area contributed by atoms with Gasteiger partial charge in [0.05, 0.1) is 0 Å². The molecule has 2 rings (SSSR count). The Labute approximate surface area is 111 Å². The van der Waals surface area contributed by atoms with Gasteiger partial charge in [-0.05, 0) is 34.7 Å². The van der Waals surface area contributed by atoms with E-state index in [1.807, 2.05) is 12.1 Å². The fraction of sp³-hybridized carbons (Fsp3) is 0.286. The number of benzene rings is 1. The summed E-state index contributed by atoms with van der Waals surface area (Å²) in [5.74, 6) is 0. The predicted octanol–water partition coefficient (Wildman–Crippen LogP) is 4.57. The van der Waals surface area contributed by atoms with Gasteiger partial charge in [0.15, 0.2) is 0 Å². The van der Waals surface area contributed by atoms with Crippen LogP contribution in [-0.4, -0.2) is 6.04 Å². The third-order valence-electron chi connectivity index (χ3n) is 2.55. The van der Waals surface area contributed by atoms with Crippen LogP contribution in [0.4, 0.5) is 0 Å². The monoisotopic (exact) mass is 265 g/mol. The van der Waals surface area contributed by atoms with Crippen LogP contribution in [0, 0.1) is 0 Å². The van der Waals surface area contributed by atoms with E-state index in [1.54, 1.807) is 11.3 Å². The molecule has 0 amide bonds. The summed E-state index contributed by atoms with van der Waals surface area (Å²) in [7, 11) is 0. The van der Waals surface area contributed by atoms with Gasteiger partial charge in [-0.1, -0.05) is 37.6 Å². The van der Waals surface area contributed by atoms with Gasteiger partial charge >= 0.3 is 0 Å². The molecule has 0 saturated carbocycles. The molecular weight excluding hydrogens is 250 g/mol. The second-order valence-electron chi connectivity index (χ2n) is 4.31. The van der Waals surface area contributed by atoms with E-state index in [2.05, 4.69) is 42.7 Å². The van der Waals surface area contributed by atoms with Crippen molar-refractivity contribution in [3.63, 3.8) is 0 Å². The van der Waals surface area contributed by atoms with Crippen molar-refractivity contribution in [2.75, 3.05) is 0 Å². The molecule has 0 fully saturated rings. The highest BCUT2D eigenvalue weighted by Gasteiger charge is 2.07. The zero-order valence-corrected chi connectivity index (χ0v) is 11.6. The standard InChI is InChI=1S/C14H16ClNS/c1-10(2)16-9-11-8-12(15)5-6-13(11)14-4-3-7-17-14/h3-8,10,16H,9H2,1-2H3. The van der Waals surface area contributed by atoms with Crippen molar-refractivity contribution in [3.8, 4) is 10.4 Å². The first-order chi connectivity index (χ1) is 8.16. The maximum Gasteiger partial charge on any atom is 0.0409 e. The highest BCUT2D eigenvalue weighted by molar-refractivity contribution is 7.13. The van der Waals surface area contributed by atoms with Crippen molar-refractivity contribution in [2.24, 2.45) is 0 Å². The Morgan fingerprint density at radius 1 is 1.29 bits per heavy atom. The molecule has 1 aromatic heterocycles. The van der Waals surface area contributed by atoms with E-state index in [1.165, 1.54) is 16.0 Å². The van der Waals surface area contributed by atoms with E-state index in [0.717, 1.165) is 11.6 Å². The van der Waals surface area contributed by atoms with Crippen LogP contribution in [0.2, 0.25) is 5.02 Å². The molecule has 0 atom stereocenters.